The van der Waals surface area contributed by atoms with Crippen LogP contribution in [0.2, 0.25) is 0 Å². The lowest BCUT2D eigenvalue weighted by atomic mass is 9.80. The van der Waals surface area contributed by atoms with Crippen LogP contribution in [0.15, 0.2) is 22.7 Å². The predicted molar refractivity (Wildman–Crippen MR) is 82.4 cm³/mol. The molecule has 1 spiro atoms. The Morgan fingerprint density at radius 2 is 2.35 bits per heavy atom. The van der Waals surface area contributed by atoms with Crippen LogP contribution in [0, 0.1) is 11.7 Å². The Hall–Kier alpha value is -0.100. The molecule has 5 heteroatoms. The van der Waals surface area contributed by atoms with E-state index in [2.05, 4.69) is 15.9 Å². The first-order chi connectivity index (χ1) is 9.61. The zero-order valence-electron chi connectivity index (χ0n) is 11.1. The smallest absolute Gasteiger partial charge is 0.130 e. The zero-order chi connectivity index (χ0) is 14.2. The Morgan fingerprint density at radius 1 is 1.50 bits per heavy atom. The SMILES string of the molecule is OC(c1c(F)cccc1Br)C1CCOC2(CCSC2)C1. The van der Waals surface area contributed by atoms with E-state index in [0.717, 1.165) is 30.8 Å². The largest absolute Gasteiger partial charge is 0.388 e. The van der Waals surface area contributed by atoms with Crippen molar-refractivity contribution in [3.8, 4) is 0 Å². The fourth-order valence-electron chi connectivity index (χ4n) is 3.23. The van der Waals surface area contributed by atoms with Gasteiger partial charge in [0.25, 0.3) is 0 Å². The molecule has 1 aromatic carbocycles. The molecule has 20 heavy (non-hydrogen) atoms. The number of hydrogen-bond donors (Lipinski definition) is 1. The van der Waals surface area contributed by atoms with Crippen molar-refractivity contribution in [2.75, 3.05) is 18.1 Å². The number of halogens is 2. The second-order valence-electron chi connectivity index (χ2n) is 5.67. The van der Waals surface area contributed by atoms with E-state index in [1.54, 1.807) is 12.1 Å². The molecule has 0 aliphatic carbocycles. The van der Waals surface area contributed by atoms with E-state index < -0.39 is 6.10 Å². The van der Waals surface area contributed by atoms with Gasteiger partial charge in [0.2, 0.25) is 0 Å². The molecule has 2 aliphatic rings. The molecule has 1 N–H and O–H groups in total. The first-order valence-electron chi connectivity index (χ1n) is 6.95. The van der Waals surface area contributed by atoms with Crippen LogP contribution in [0.25, 0.3) is 0 Å². The summed E-state index contributed by atoms with van der Waals surface area (Å²) in [6, 6.07) is 4.83. The minimum atomic E-state index is -0.767. The van der Waals surface area contributed by atoms with Crippen LogP contribution in [0.5, 0.6) is 0 Å². The van der Waals surface area contributed by atoms with Gasteiger partial charge in [0.15, 0.2) is 0 Å². The maximum absolute atomic E-state index is 14.0. The quantitative estimate of drug-likeness (QED) is 0.866. The van der Waals surface area contributed by atoms with Gasteiger partial charge in [-0.15, -0.1) is 0 Å². The second kappa shape index (κ2) is 5.95. The fourth-order valence-corrected chi connectivity index (χ4v) is 5.18. The lowest BCUT2D eigenvalue weighted by Gasteiger charge is -2.39. The molecule has 2 nitrogen and oxygen atoms in total. The fraction of sp³-hybridized carbons (Fsp3) is 0.600. The summed E-state index contributed by atoms with van der Waals surface area (Å²) >= 11 is 5.26. The van der Waals surface area contributed by atoms with Crippen LogP contribution in [-0.2, 0) is 4.74 Å². The van der Waals surface area contributed by atoms with E-state index in [9.17, 15) is 9.50 Å². The van der Waals surface area contributed by atoms with Crippen LogP contribution in [0.1, 0.15) is 30.9 Å². The molecule has 2 heterocycles. The molecule has 0 amide bonds. The third-order valence-corrected chi connectivity index (χ3v) is 6.25. The van der Waals surface area contributed by atoms with Crippen molar-refractivity contribution in [3.05, 3.63) is 34.1 Å². The van der Waals surface area contributed by atoms with E-state index in [0.29, 0.717) is 16.6 Å². The van der Waals surface area contributed by atoms with Crippen molar-refractivity contribution < 1.29 is 14.2 Å². The molecule has 0 radical (unpaired) electrons. The molecular weight excluding hydrogens is 343 g/mol. The summed E-state index contributed by atoms with van der Waals surface area (Å²) in [6.07, 6.45) is 1.88. The Labute approximate surface area is 131 Å². The number of rotatable bonds is 2. The first kappa shape index (κ1) is 14.8. The highest BCUT2D eigenvalue weighted by atomic mass is 79.9. The lowest BCUT2D eigenvalue weighted by Crippen LogP contribution is -2.41. The maximum Gasteiger partial charge on any atom is 0.130 e. The predicted octanol–water partition coefficient (Wildman–Crippen LogP) is 3.92. The molecular formula is C15H18BrFO2S. The number of aliphatic hydroxyl groups excluding tert-OH is 1. The van der Waals surface area contributed by atoms with Crippen molar-refractivity contribution in [2.45, 2.75) is 31.0 Å². The Morgan fingerprint density at radius 3 is 3.05 bits per heavy atom. The summed E-state index contributed by atoms with van der Waals surface area (Å²) in [5.41, 5.74) is 0.298. The van der Waals surface area contributed by atoms with Gasteiger partial charge in [0, 0.05) is 22.4 Å². The van der Waals surface area contributed by atoms with Gasteiger partial charge in [-0.3, -0.25) is 0 Å². The third kappa shape index (κ3) is 2.78. The molecule has 0 bridgehead atoms. The molecule has 0 saturated carbocycles. The van der Waals surface area contributed by atoms with Crippen molar-refractivity contribution >= 4 is 27.7 Å². The molecule has 0 aromatic heterocycles. The number of hydrogen-bond acceptors (Lipinski definition) is 3. The molecule has 110 valence electrons. The summed E-state index contributed by atoms with van der Waals surface area (Å²) in [5.74, 6) is 1.84. The molecule has 3 rings (SSSR count). The normalized spacial score (nSPS) is 31.6. The summed E-state index contributed by atoms with van der Waals surface area (Å²) in [7, 11) is 0. The standard InChI is InChI=1S/C15H18BrFO2S/c16-11-2-1-3-12(17)13(11)14(18)10-4-6-19-15(8-10)5-7-20-9-15/h1-3,10,14,18H,4-9H2. The van der Waals surface area contributed by atoms with Crippen molar-refractivity contribution in [1.82, 2.24) is 0 Å². The van der Waals surface area contributed by atoms with Crippen LogP contribution in [0.3, 0.4) is 0 Å². The highest BCUT2D eigenvalue weighted by Gasteiger charge is 2.43. The lowest BCUT2D eigenvalue weighted by molar-refractivity contribution is -0.102. The van der Waals surface area contributed by atoms with Crippen LogP contribution in [0.4, 0.5) is 4.39 Å². The number of aliphatic hydroxyl groups is 1. The van der Waals surface area contributed by atoms with Crippen LogP contribution in [-0.4, -0.2) is 28.8 Å². The molecule has 2 aliphatic heterocycles. The minimum absolute atomic E-state index is 0.0654. The number of ether oxygens (including phenoxy) is 1. The highest BCUT2D eigenvalue weighted by Crippen LogP contribution is 2.45. The highest BCUT2D eigenvalue weighted by molar-refractivity contribution is 9.10. The van der Waals surface area contributed by atoms with Gasteiger partial charge < -0.3 is 9.84 Å². The Balaban J connectivity index is 1.81. The van der Waals surface area contributed by atoms with E-state index in [1.807, 2.05) is 11.8 Å². The molecule has 2 fully saturated rings. The van der Waals surface area contributed by atoms with Gasteiger partial charge in [-0.1, -0.05) is 22.0 Å². The van der Waals surface area contributed by atoms with Crippen LogP contribution < -0.4 is 0 Å². The Bertz CT molecular complexity index is 471. The summed E-state index contributed by atoms with van der Waals surface area (Å²) in [6.45, 7) is 0.661. The van der Waals surface area contributed by atoms with E-state index in [1.165, 1.54) is 6.07 Å². The van der Waals surface area contributed by atoms with Gasteiger partial charge in [-0.2, -0.15) is 11.8 Å². The molecule has 2 saturated heterocycles. The maximum atomic E-state index is 14.0. The topological polar surface area (TPSA) is 29.5 Å². The third-order valence-electron chi connectivity index (χ3n) is 4.34. The van der Waals surface area contributed by atoms with Gasteiger partial charge in [0.05, 0.1) is 11.7 Å². The average Bonchev–Trinajstić information content (AvgIpc) is 2.86. The summed E-state index contributed by atoms with van der Waals surface area (Å²) in [5, 5.41) is 10.6. The minimum Gasteiger partial charge on any atom is -0.388 e. The average molecular weight is 361 g/mol. The molecule has 3 atom stereocenters. The van der Waals surface area contributed by atoms with Gasteiger partial charge in [-0.05, 0) is 43.1 Å². The molecule has 3 unspecified atom stereocenters. The monoisotopic (exact) mass is 360 g/mol. The zero-order valence-corrected chi connectivity index (χ0v) is 13.6. The summed E-state index contributed by atoms with van der Waals surface area (Å²) in [4.78, 5) is 0. The number of benzene rings is 1. The van der Waals surface area contributed by atoms with Crippen molar-refractivity contribution in [1.29, 1.82) is 0 Å². The van der Waals surface area contributed by atoms with Gasteiger partial charge in [-0.25, -0.2) is 4.39 Å². The molecule has 1 aromatic rings. The number of thioether (sulfide) groups is 1. The van der Waals surface area contributed by atoms with E-state index in [-0.39, 0.29) is 17.3 Å². The first-order valence-corrected chi connectivity index (χ1v) is 8.90. The Kier molecular flexibility index (Phi) is 4.41. The van der Waals surface area contributed by atoms with Crippen LogP contribution >= 0.6 is 27.7 Å². The van der Waals surface area contributed by atoms with E-state index >= 15 is 0 Å². The van der Waals surface area contributed by atoms with E-state index in [4.69, 9.17) is 4.74 Å². The van der Waals surface area contributed by atoms with Crippen molar-refractivity contribution in [2.24, 2.45) is 5.92 Å². The van der Waals surface area contributed by atoms with Gasteiger partial charge >= 0.3 is 0 Å². The summed E-state index contributed by atoms with van der Waals surface area (Å²) < 4.78 is 20.6. The van der Waals surface area contributed by atoms with Gasteiger partial charge in [0.1, 0.15) is 5.82 Å². The second-order valence-corrected chi connectivity index (χ2v) is 7.63. The van der Waals surface area contributed by atoms with Crippen molar-refractivity contribution in [3.63, 3.8) is 0 Å².